The van der Waals surface area contributed by atoms with E-state index in [1.807, 2.05) is 12.1 Å². The van der Waals surface area contributed by atoms with Crippen molar-refractivity contribution in [3.05, 3.63) is 54.2 Å². The van der Waals surface area contributed by atoms with Crippen LogP contribution in [0.4, 0.5) is 0 Å². The van der Waals surface area contributed by atoms with Crippen molar-refractivity contribution >= 4 is 22.7 Å². The van der Waals surface area contributed by atoms with E-state index in [2.05, 4.69) is 48.3 Å². The summed E-state index contributed by atoms with van der Waals surface area (Å²) >= 11 is 1.78. The predicted octanol–water partition coefficient (Wildman–Crippen LogP) is 4.64. The van der Waals surface area contributed by atoms with Crippen LogP contribution in [0, 0.1) is 6.92 Å². The number of ether oxygens (including phenoxy) is 1. The molecule has 3 aromatic rings. The highest BCUT2D eigenvalue weighted by Gasteiger charge is 2.09. The number of fused-ring (bicyclic) bond motifs is 1. The first-order valence-electron chi connectivity index (χ1n) is 6.17. The van der Waals surface area contributed by atoms with Crippen LogP contribution in [0.2, 0.25) is 0 Å². The zero-order chi connectivity index (χ0) is 13.2. The summed E-state index contributed by atoms with van der Waals surface area (Å²) in [4.78, 5) is 5.93. The van der Waals surface area contributed by atoms with Crippen molar-refractivity contribution in [3.8, 4) is 5.75 Å². The molecule has 1 N–H and O–H groups in total. The molecule has 2 aromatic carbocycles. The zero-order valence-corrected chi connectivity index (χ0v) is 11.8. The Labute approximate surface area is 116 Å². The van der Waals surface area contributed by atoms with Gasteiger partial charge in [0.25, 0.3) is 0 Å². The molecule has 0 spiro atoms. The molecule has 0 unspecified atom stereocenters. The molecule has 0 aliphatic rings. The molecule has 0 amide bonds. The fraction of sp³-hybridized carbons (Fsp3) is 0.125. The first-order chi connectivity index (χ1) is 9.28. The largest absolute Gasteiger partial charge is 0.497 e. The molecule has 0 aliphatic carbocycles. The number of nitrogens with one attached hydrogen (secondary N) is 1. The Morgan fingerprint density at radius 3 is 2.47 bits per heavy atom. The molecule has 0 saturated carbocycles. The fourth-order valence-electron chi connectivity index (χ4n) is 2.14. The highest BCUT2D eigenvalue weighted by Crippen LogP contribution is 2.36. The summed E-state index contributed by atoms with van der Waals surface area (Å²) in [6.45, 7) is 2.12. The second kappa shape index (κ2) is 5.02. The number of hydrogen-bond acceptors (Lipinski definition) is 2. The van der Waals surface area contributed by atoms with Gasteiger partial charge in [-0.25, -0.2) is 0 Å². The highest BCUT2D eigenvalue weighted by molar-refractivity contribution is 7.99. The fourth-order valence-corrected chi connectivity index (χ4v) is 3.14. The maximum absolute atomic E-state index is 5.18. The molecule has 0 fully saturated rings. The Hall–Kier alpha value is -1.87. The Balaban J connectivity index is 1.98. The van der Waals surface area contributed by atoms with Gasteiger partial charge in [-0.2, -0.15) is 0 Å². The molecular formula is C16H15NOS. The monoisotopic (exact) mass is 269 g/mol. The zero-order valence-electron chi connectivity index (χ0n) is 10.9. The van der Waals surface area contributed by atoms with Crippen LogP contribution in [0.5, 0.6) is 5.75 Å². The van der Waals surface area contributed by atoms with E-state index in [9.17, 15) is 0 Å². The Kier molecular flexibility index (Phi) is 3.22. The summed E-state index contributed by atoms with van der Waals surface area (Å²) in [5.74, 6) is 0.889. The molecular weight excluding hydrogens is 254 g/mol. The highest BCUT2D eigenvalue weighted by atomic mass is 32.2. The van der Waals surface area contributed by atoms with E-state index < -0.39 is 0 Å². The van der Waals surface area contributed by atoms with Crippen molar-refractivity contribution in [1.82, 2.24) is 4.98 Å². The predicted molar refractivity (Wildman–Crippen MR) is 80.2 cm³/mol. The molecule has 1 aromatic heterocycles. The van der Waals surface area contributed by atoms with Crippen LogP contribution in [0.1, 0.15) is 5.69 Å². The van der Waals surface area contributed by atoms with Crippen LogP contribution in [0.15, 0.2) is 58.3 Å². The number of aromatic amines is 1. The van der Waals surface area contributed by atoms with E-state index in [-0.39, 0.29) is 0 Å². The van der Waals surface area contributed by atoms with E-state index >= 15 is 0 Å². The number of aromatic nitrogens is 1. The van der Waals surface area contributed by atoms with Crippen LogP contribution in [-0.2, 0) is 0 Å². The third-order valence-electron chi connectivity index (χ3n) is 3.11. The normalized spacial score (nSPS) is 10.8. The lowest BCUT2D eigenvalue weighted by atomic mass is 10.2. The third kappa shape index (κ3) is 2.34. The van der Waals surface area contributed by atoms with Crippen LogP contribution < -0.4 is 4.74 Å². The molecule has 2 nitrogen and oxygen atoms in total. The van der Waals surface area contributed by atoms with Gasteiger partial charge in [0, 0.05) is 26.4 Å². The van der Waals surface area contributed by atoms with Gasteiger partial charge in [0.2, 0.25) is 0 Å². The van der Waals surface area contributed by atoms with Gasteiger partial charge in [-0.05, 0) is 37.3 Å². The minimum absolute atomic E-state index is 0.889. The van der Waals surface area contributed by atoms with Crippen LogP contribution in [-0.4, -0.2) is 12.1 Å². The van der Waals surface area contributed by atoms with Crippen molar-refractivity contribution < 1.29 is 4.74 Å². The van der Waals surface area contributed by atoms with Gasteiger partial charge in [0.05, 0.1) is 7.11 Å². The molecule has 3 rings (SSSR count). The summed E-state index contributed by atoms with van der Waals surface area (Å²) in [5.41, 5.74) is 2.40. The van der Waals surface area contributed by atoms with Crippen LogP contribution in [0.25, 0.3) is 10.9 Å². The third-order valence-corrected chi connectivity index (χ3v) is 4.35. The van der Waals surface area contributed by atoms with Crippen molar-refractivity contribution in [2.24, 2.45) is 0 Å². The SMILES string of the molecule is COc1ccc(Sc2c(C)[nH]c3ccccc23)cc1. The lowest BCUT2D eigenvalue weighted by Gasteiger charge is -2.03. The van der Waals surface area contributed by atoms with Crippen molar-refractivity contribution in [1.29, 1.82) is 0 Å². The smallest absolute Gasteiger partial charge is 0.118 e. The molecule has 0 bridgehead atoms. The van der Waals surface area contributed by atoms with Crippen molar-refractivity contribution in [3.63, 3.8) is 0 Å². The van der Waals surface area contributed by atoms with Gasteiger partial charge >= 0.3 is 0 Å². The molecule has 0 saturated heterocycles. The number of para-hydroxylation sites is 1. The summed E-state index contributed by atoms with van der Waals surface area (Å²) in [7, 11) is 1.69. The number of benzene rings is 2. The summed E-state index contributed by atoms with van der Waals surface area (Å²) in [5, 5.41) is 1.28. The van der Waals surface area contributed by atoms with Gasteiger partial charge in [-0.3, -0.25) is 0 Å². The number of H-pyrrole nitrogens is 1. The topological polar surface area (TPSA) is 25.0 Å². The second-order valence-corrected chi connectivity index (χ2v) is 5.49. The average Bonchev–Trinajstić information content (AvgIpc) is 2.76. The Bertz CT molecular complexity index is 700. The van der Waals surface area contributed by atoms with Crippen LogP contribution in [0.3, 0.4) is 0 Å². The van der Waals surface area contributed by atoms with E-state index in [1.165, 1.54) is 26.4 Å². The number of rotatable bonds is 3. The Morgan fingerprint density at radius 1 is 1.00 bits per heavy atom. The number of hydrogen-bond donors (Lipinski definition) is 1. The van der Waals surface area contributed by atoms with E-state index in [0.29, 0.717) is 0 Å². The van der Waals surface area contributed by atoms with Gasteiger partial charge in [0.1, 0.15) is 5.75 Å². The van der Waals surface area contributed by atoms with Gasteiger partial charge < -0.3 is 9.72 Å². The lowest BCUT2D eigenvalue weighted by Crippen LogP contribution is -1.81. The van der Waals surface area contributed by atoms with Crippen molar-refractivity contribution in [2.45, 2.75) is 16.7 Å². The molecule has 0 atom stereocenters. The summed E-state index contributed by atoms with van der Waals surface area (Å²) in [6.07, 6.45) is 0. The number of aryl methyl sites for hydroxylation is 1. The van der Waals surface area contributed by atoms with Crippen LogP contribution >= 0.6 is 11.8 Å². The van der Waals surface area contributed by atoms with Gasteiger partial charge in [-0.1, -0.05) is 30.0 Å². The summed E-state index contributed by atoms with van der Waals surface area (Å²) in [6, 6.07) is 16.6. The lowest BCUT2D eigenvalue weighted by molar-refractivity contribution is 0.414. The van der Waals surface area contributed by atoms with Gasteiger partial charge in [0.15, 0.2) is 0 Å². The van der Waals surface area contributed by atoms with Gasteiger partial charge in [-0.15, -0.1) is 0 Å². The van der Waals surface area contributed by atoms with E-state index in [4.69, 9.17) is 4.74 Å². The van der Waals surface area contributed by atoms with Crippen molar-refractivity contribution in [2.75, 3.05) is 7.11 Å². The molecule has 96 valence electrons. The van der Waals surface area contributed by atoms with E-state index in [0.717, 1.165) is 5.75 Å². The minimum atomic E-state index is 0.889. The molecule has 0 aliphatic heterocycles. The standard InChI is InChI=1S/C16H15NOS/c1-11-16(14-5-3-4-6-15(14)17-11)19-13-9-7-12(18-2)8-10-13/h3-10,17H,1-2H3. The maximum atomic E-state index is 5.18. The molecule has 19 heavy (non-hydrogen) atoms. The first kappa shape index (κ1) is 12.2. The summed E-state index contributed by atoms with van der Waals surface area (Å²) < 4.78 is 5.18. The quantitative estimate of drug-likeness (QED) is 0.749. The number of methoxy groups -OCH3 is 1. The second-order valence-electron chi connectivity index (χ2n) is 4.40. The molecule has 3 heteroatoms. The van der Waals surface area contributed by atoms with E-state index in [1.54, 1.807) is 18.9 Å². The average molecular weight is 269 g/mol. The Morgan fingerprint density at radius 2 is 1.74 bits per heavy atom. The molecule has 0 radical (unpaired) electrons. The molecule has 1 heterocycles. The minimum Gasteiger partial charge on any atom is -0.497 e. The maximum Gasteiger partial charge on any atom is 0.118 e. The first-order valence-corrected chi connectivity index (χ1v) is 6.99.